The minimum atomic E-state index is -0.342. The second kappa shape index (κ2) is 6.61. The van der Waals surface area contributed by atoms with Gasteiger partial charge in [0.15, 0.2) is 11.5 Å². The molecule has 1 aliphatic rings. The number of aryl methyl sites for hydroxylation is 1. The molecule has 126 valence electrons. The van der Waals surface area contributed by atoms with E-state index in [1.165, 1.54) is 0 Å². The molecule has 2 aromatic rings. The third-order valence-corrected chi connectivity index (χ3v) is 3.38. The second-order valence-corrected chi connectivity index (χ2v) is 5.55. The monoisotopic (exact) mass is 329 g/mol. The molecule has 0 radical (unpaired) electrons. The van der Waals surface area contributed by atoms with E-state index in [0.717, 1.165) is 11.5 Å². The van der Waals surface area contributed by atoms with Gasteiger partial charge in [-0.3, -0.25) is 0 Å². The number of nitrogens with zero attached hydrogens (tertiary/aromatic N) is 3. The topological polar surface area (TPSA) is 88.6 Å². The average molecular weight is 329 g/mol. The highest BCUT2D eigenvalue weighted by atomic mass is 16.7. The number of hydrogen-bond donors (Lipinski definition) is 2. The maximum absolute atomic E-state index is 12.0. The van der Waals surface area contributed by atoms with Crippen molar-refractivity contribution in [2.75, 3.05) is 31.1 Å². The van der Waals surface area contributed by atoms with Crippen LogP contribution in [0.1, 0.15) is 11.5 Å². The van der Waals surface area contributed by atoms with Crippen molar-refractivity contribution >= 4 is 17.5 Å². The van der Waals surface area contributed by atoms with Crippen LogP contribution in [0.3, 0.4) is 0 Å². The van der Waals surface area contributed by atoms with Crippen LogP contribution in [-0.2, 0) is 6.54 Å². The summed E-state index contributed by atoms with van der Waals surface area (Å²) in [4.78, 5) is 22.6. The number of rotatable bonds is 4. The van der Waals surface area contributed by atoms with E-state index in [1.807, 2.05) is 32.0 Å². The number of hydrogen-bond acceptors (Lipinski definition) is 6. The summed E-state index contributed by atoms with van der Waals surface area (Å²) >= 11 is 0. The van der Waals surface area contributed by atoms with Crippen LogP contribution in [0.2, 0.25) is 0 Å². The van der Waals surface area contributed by atoms with E-state index < -0.39 is 0 Å². The van der Waals surface area contributed by atoms with Crippen LogP contribution in [0, 0.1) is 6.92 Å². The molecule has 2 heterocycles. The Labute approximate surface area is 139 Å². The van der Waals surface area contributed by atoms with Crippen molar-refractivity contribution in [3.8, 4) is 11.5 Å². The van der Waals surface area contributed by atoms with E-state index in [-0.39, 0.29) is 19.4 Å². The summed E-state index contributed by atoms with van der Waals surface area (Å²) in [6.07, 6.45) is 0. The van der Waals surface area contributed by atoms with Crippen LogP contribution in [0.5, 0.6) is 11.5 Å². The molecular formula is C16H19N5O3. The lowest BCUT2D eigenvalue weighted by Gasteiger charge is -2.13. The molecule has 0 spiro atoms. The van der Waals surface area contributed by atoms with Gasteiger partial charge in [-0.25, -0.2) is 14.8 Å². The van der Waals surface area contributed by atoms with Gasteiger partial charge in [0, 0.05) is 37.6 Å². The lowest BCUT2D eigenvalue weighted by atomic mass is 10.3. The Morgan fingerprint density at radius 2 is 2.00 bits per heavy atom. The molecule has 0 saturated carbocycles. The van der Waals surface area contributed by atoms with Crippen LogP contribution in [-0.4, -0.2) is 36.9 Å². The number of amides is 2. The molecule has 0 bridgehead atoms. The van der Waals surface area contributed by atoms with Crippen LogP contribution in [0.15, 0.2) is 24.3 Å². The van der Waals surface area contributed by atoms with Crippen molar-refractivity contribution in [2.45, 2.75) is 13.5 Å². The standard InChI is InChI=1S/C16H19N5O3/c1-10-6-15(21(2)3)20-14(18-10)8-17-16(22)19-11-4-5-12-13(7-11)24-9-23-12/h4-7H,8-9H2,1-3H3,(H2,17,19,22). The first-order chi connectivity index (χ1) is 11.5. The summed E-state index contributed by atoms with van der Waals surface area (Å²) in [5.74, 6) is 2.64. The summed E-state index contributed by atoms with van der Waals surface area (Å²) in [7, 11) is 3.82. The first-order valence-corrected chi connectivity index (χ1v) is 7.47. The van der Waals surface area contributed by atoms with E-state index in [0.29, 0.717) is 23.0 Å². The van der Waals surface area contributed by atoms with Gasteiger partial charge in [-0.2, -0.15) is 0 Å². The number of carbonyl (C=O) groups is 1. The number of benzene rings is 1. The molecule has 1 aromatic heterocycles. The predicted molar refractivity (Wildman–Crippen MR) is 89.5 cm³/mol. The smallest absolute Gasteiger partial charge is 0.319 e. The molecule has 2 N–H and O–H groups in total. The fourth-order valence-electron chi connectivity index (χ4n) is 2.23. The second-order valence-electron chi connectivity index (χ2n) is 5.55. The van der Waals surface area contributed by atoms with Gasteiger partial charge < -0.3 is 25.0 Å². The molecule has 8 nitrogen and oxygen atoms in total. The minimum Gasteiger partial charge on any atom is -0.454 e. The molecule has 8 heteroatoms. The highest BCUT2D eigenvalue weighted by Crippen LogP contribution is 2.34. The molecule has 3 rings (SSSR count). The summed E-state index contributed by atoms with van der Waals surface area (Å²) in [6, 6.07) is 6.77. The normalized spacial score (nSPS) is 12.0. The number of aromatic nitrogens is 2. The van der Waals surface area contributed by atoms with E-state index >= 15 is 0 Å². The number of fused-ring (bicyclic) bond motifs is 1. The number of urea groups is 1. The molecule has 1 aromatic carbocycles. The molecular weight excluding hydrogens is 310 g/mol. The molecule has 24 heavy (non-hydrogen) atoms. The molecule has 2 amide bonds. The van der Waals surface area contributed by atoms with E-state index in [2.05, 4.69) is 20.6 Å². The molecule has 0 atom stereocenters. The number of anilines is 2. The molecule has 0 saturated heterocycles. The zero-order valence-corrected chi connectivity index (χ0v) is 13.8. The first-order valence-electron chi connectivity index (χ1n) is 7.47. The third kappa shape index (κ3) is 3.65. The largest absolute Gasteiger partial charge is 0.454 e. The predicted octanol–water partition coefficient (Wildman–Crippen LogP) is 1.90. The average Bonchev–Trinajstić information content (AvgIpc) is 3.00. The van der Waals surface area contributed by atoms with Gasteiger partial charge in [-0.1, -0.05) is 0 Å². The fraction of sp³-hybridized carbons (Fsp3) is 0.312. The van der Waals surface area contributed by atoms with Crippen LogP contribution < -0.4 is 25.0 Å². The first kappa shape index (κ1) is 15.9. The van der Waals surface area contributed by atoms with Crippen LogP contribution in [0.4, 0.5) is 16.3 Å². The zero-order chi connectivity index (χ0) is 17.1. The Kier molecular flexibility index (Phi) is 4.37. The molecule has 0 aliphatic carbocycles. The van der Waals surface area contributed by atoms with Crippen molar-refractivity contribution in [2.24, 2.45) is 0 Å². The SMILES string of the molecule is Cc1cc(N(C)C)nc(CNC(=O)Nc2ccc3c(c2)OCO3)n1. The third-order valence-electron chi connectivity index (χ3n) is 3.38. The quantitative estimate of drug-likeness (QED) is 0.891. The van der Waals surface area contributed by atoms with E-state index in [1.54, 1.807) is 18.2 Å². The summed E-state index contributed by atoms with van der Waals surface area (Å²) in [5, 5.41) is 5.49. The zero-order valence-electron chi connectivity index (χ0n) is 13.8. The lowest BCUT2D eigenvalue weighted by molar-refractivity contribution is 0.174. The van der Waals surface area contributed by atoms with Crippen LogP contribution >= 0.6 is 0 Å². The molecule has 0 unspecified atom stereocenters. The van der Waals surface area contributed by atoms with Crippen molar-refractivity contribution in [1.82, 2.24) is 15.3 Å². The summed E-state index contributed by atoms with van der Waals surface area (Å²) in [5.41, 5.74) is 1.47. The number of nitrogens with one attached hydrogen (secondary N) is 2. The van der Waals surface area contributed by atoms with Crippen molar-refractivity contribution in [3.05, 3.63) is 35.8 Å². The Morgan fingerprint density at radius 1 is 1.21 bits per heavy atom. The molecule has 0 fully saturated rings. The Bertz CT molecular complexity index is 763. The minimum absolute atomic E-state index is 0.198. The van der Waals surface area contributed by atoms with E-state index in [4.69, 9.17) is 9.47 Å². The van der Waals surface area contributed by atoms with Gasteiger partial charge in [0.2, 0.25) is 6.79 Å². The highest BCUT2D eigenvalue weighted by molar-refractivity contribution is 5.89. The van der Waals surface area contributed by atoms with Crippen molar-refractivity contribution in [3.63, 3.8) is 0 Å². The summed E-state index contributed by atoms with van der Waals surface area (Å²) in [6.45, 7) is 2.33. The fourth-order valence-corrected chi connectivity index (χ4v) is 2.23. The lowest BCUT2D eigenvalue weighted by Crippen LogP contribution is -2.29. The van der Waals surface area contributed by atoms with Crippen LogP contribution in [0.25, 0.3) is 0 Å². The highest BCUT2D eigenvalue weighted by Gasteiger charge is 2.14. The Balaban J connectivity index is 1.60. The van der Waals surface area contributed by atoms with Crippen molar-refractivity contribution < 1.29 is 14.3 Å². The van der Waals surface area contributed by atoms with Gasteiger partial charge in [-0.05, 0) is 19.1 Å². The van der Waals surface area contributed by atoms with Gasteiger partial charge in [0.25, 0.3) is 0 Å². The Morgan fingerprint density at radius 3 is 2.79 bits per heavy atom. The maximum Gasteiger partial charge on any atom is 0.319 e. The van der Waals surface area contributed by atoms with Gasteiger partial charge in [-0.15, -0.1) is 0 Å². The number of carbonyl (C=O) groups excluding carboxylic acids is 1. The van der Waals surface area contributed by atoms with Gasteiger partial charge in [0.05, 0.1) is 6.54 Å². The van der Waals surface area contributed by atoms with Gasteiger partial charge >= 0.3 is 6.03 Å². The van der Waals surface area contributed by atoms with E-state index in [9.17, 15) is 4.79 Å². The number of ether oxygens (including phenoxy) is 2. The Hall–Kier alpha value is -3.03. The maximum atomic E-state index is 12.0. The van der Waals surface area contributed by atoms with Gasteiger partial charge in [0.1, 0.15) is 11.6 Å². The summed E-state index contributed by atoms with van der Waals surface area (Å²) < 4.78 is 10.5. The van der Waals surface area contributed by atoms with Crippen molar-refractivity contribution in [1.29, 1.82) is 0 Å². The molecule has 1 aliphatic heterocycles.